The highest BCUT2D eigenvalue weighted by Crippen LogP contribution is 2.32. The third kappa shape index (κ3) is 5.61. The summed E-state index contributed by atoms with van der Waals surface area (Å²) in [7, 11) is 0. The molecule has 3 unspecified atom stereocenters. The van der Waals surface area contributed by atoms with E-state index in [1.807, 2.05) is 45.0 Å². The standard InChI is InChI=1S/C20H30N2O2.ClH/c1-13(2)24-19-6-4-5-16(12-19)14(3)21-20(23)11-15-9-17-7-8-18(10-15)22-17;/h4-6,12-15,17-18,22H,7-11H2,1-3H3,(H,21,23);1H. The van der Waals surface area contributed by atoms with E-state index in [4.69, 9.17) is 4.74 Å². The molecule has 4 nitrogen and oxygen atoms in total. The number of halogens is 1. The molecule has 25 heavy (non-hydrogen) atoms. The molecule has 3 rings (SSSR count). The van der Waals surface area contributed by atoms with Gasteiger partial charge in [0.15, 0.2) is 0 Å². The molecular formula is C20H31ClN2O2. The lowest BCUT2D eigenvalue weighted by Crippen LogP contribution is -2.40. The van der Waals surface area contributed by atoms with E-state index in [0.29, 0.717) is 24.4 Å². The number of hydrogen-bond donors (Lipinski definition) is 2. The van der Waals surface area contributed by atoms with Gasteiger partial charge in [-0.2, -0.15) is 0 Å². The van der Waals surface area contributed by atoms with Crippen LogP contribution < -0.4 is 15.4 Å². The van der Waals surface area contributed by atoms with Crippen LogP contribution in [-0.2, 0) is 4.79 Å². The average molecular weight is 367 g/mol. The molecule has 0 aliphatic carbocycles. The first kappa shape index (κ1) is 20.1. The number of ether oxygens (including phenoxy) is 1. The number of carbonyl (C=O) groups is 1. The summed E-state index contributed by atoms with van der Waals surface area (Å²) in [6.07, 6.45) is 5.66. The quantitative estimate of drug-likeness (QED) is 0.800. The normalized spacial score (nSPS) is 26.0. The Kier molecular flexibility index (Phi) is 7.14. The molecule has 2 aliphatic heterocycles. The van der Waals surface area contributed by atoms with Gasteiger partial charge in [0.05, 0.1) is 12.1 Å². The van der Waals surface area contributed by atoms with Crippen molar-refractivity contribution in [2.45, 2.75) is 77.1 Å². The molecule has 1 aromatic carbocycles. The van der Waals surface area contributed by atoms with E-state index in [-0.39, 0.29) is 30.5 Å². The van der Waals surface area contributed by atoms with E-state index >= 15 is 0 Å². The number of benzene rings is 1. The van der Waals surface area contributed by atoms with Crippen LogP contribution in [0, 0.1) is 5.92 Å². The smallest absolute Gasteiger partial charge is 0.220 e. The van der Waals surface area contributed by atoms with Crippen molar-refractivity contribution in [3.8, 4) is 5.75 Å². The maximum atomic E-state index is 12.4. The van der Waals surface area contributed by atoms with Gasteiger partial charge >= 0.3 is 0 Å². The van der Waals surface area contributed by atoms with Crippen molar-refractivity contribution in [1.29, 1.82) is 0 Å². The summed E-state index contributed by atoms with van der Waals surface area (Å²) in [5, 5.41) is 6.80. The fourth-order valence-electron chi connectivity index (χ4n) is 4.12. The Morgan fingerprint density at radius 2 is 1.92 bits per heavy atom. The van der Waals surface area contributed by atoms with Gasteiger partial charge in [-0.15, -0.1) is 12.4 Å². The van der Waals surface area contributed by atoms with Crippen LogP contribution in [0.25, 0.3) is 0 Å². The van der Waals surface area contributed by atoms with E-state index in [2.05, 4.69) is 10.6 Å². The zero-order valence-electron chi connectivity index (χ0n) is 15.5. The van der Waals surface area contributed by atoms with Crippen LogP contribution in [0.15, 0.2) is 24.3 Å². The van der Waals surface area contributed by atoms with Crippen LogP contribution in [0.2, 0.25) is 0 Å². The fraction of sp³-hybridized carbons (Fsp3) is 0.650. The van der Waals surface area contributed by atoms with Crippen LogP contribution >= 0.6 is 12.4 Å². The Morgan fingerprint density at radius 3 is 2.56 bits per heavy atom. The van der Waals surface area contributed by atoms with Crippen LogP contribution in [0.4, 0.5) is 0 Å². The first-order valence-electron chi connectivity index (χ1n) is 9.31. The van der Waals surface area contributed by atoms with E-state index in [0.717, 1.165) is 24.2 Å². The lowest BCUT2D eigenvalue weighted by Gasteiger charge is -2.29. The van der Waals surface area contributed by atoms with Crippen molar-refractivity contribution in [3.05, 3.63) is 29.8 Å². The van der Waals surface area contributed by atoms with E-state index in [1.54, 1.807) is 0 Å². The molecule has 0 spiro atoms. The summed E-state index contributed by atoms with van der Waals surface area (Å²) in [5.74, 6) is 1.56. The minimum atomic E-state index is 0. The number of amides is 1. The molecule has 2 aliphatic rings. The number of nitrogens with one attached hydrogen (secondary N) is 2. The number of fused-ring (bicyclic) bond motifs is 2. The molecule has 0 aromatic heterocycles. The van der Waals surface area contributed by atoms with Gasteiger partial charge in [-0.05, 0) is 70.1 Å². The molecule has 2 heterocycles. The number of carbonyl (C=O) groups excluding carboxylic acids is 1. The third-order valence-electron chi connectivity index (χ3n) is 5.15. The first-order chi connectivity index (χ1) is 11.5. The fourth-order valence-corrected chi connectivity index (χ4v) is 4.12. The maximum absolute atomic E-state index is 12.4. The second kappa shape index (κ2) is 8.91. The molecule has 3 atom stereocenters. The minimum Gasteiger partial charge on any atom is -0.491 e. The molecule has 2 N–H and O–H groups in total. The molecular weight excluding hydrogens is 336 g/mol. The third-order valence-corrected chi connectivity index (χ3v) is 5.15. The van der Waals surface area contributed by atoms with Crippen molar-refractivity contribution in [3.63, 3.8) is 0 Å². The van der Waals surface area contributed by atoms with Gasteiger partial charge in [0.25, 0.3) is 0 Å². The molecule has 1 amide bonds. The Balaban J connectivity index is 0.00000225. The van der Waals surface area contributed by atoms with Crippen LogP contribution in [0.3, 0.4) is 0 Å². The van der Waals surface area contributed by atoms with Crippen molar-refractivity contribution in [2.75, 3.05) is 0 Å². The number of rotatable bonds is 6. The van der Waals surface area contributed by atoms with Gasteiger partial charge in [0.1, 0.15) is 5.75 Å². The van der Waals surface area contributed by atoms with Gasteiger partial charge in [-0.1, -0.05) is 12.1 Å². The van der Waals surface area contributed by atoms with Crippen molar-refractivity contribution >= 4 is 18.3 Å². The molecule has 2 bridgehead atoms. The second-order valence-corrected chi connectivity index (χ2v) is 7.71. The summed E-state index contributed by atoms with van der Waals surface area (Å²) in [4.78, 5) is 12.4. The second-order valence-electron chi connectivity index (χ2n) is 7.71. The molecule has 2 saturated heterocycles. The van der Waals surface area contributed by atoms with Crippen molar-refractivity contribution in [1.82, 2.24) is 10.6 Å². The highest BCUT2D eigenvalue weighted by Gasteiger charge is 2.34. The van der Waals surface area contributed by atoms with Gasteiger partial charge in [0, 0.05) is 18.5 Å². The van der Waals surface area contributed by atoms with Crippen LogP contribution in [-0.4, -0.2) is 24.1 Å². The topological polar surface area (TPSA) is 50.4 Å². The number of hydrogen-bond acceptors (Lipinski definition) is 3. The summed E-state index contributed by atoms with van der Waals surface area (Å²) in [5.41, 5.74) is 1.09. The van der Waals surface area contributed by atoms with Crippen LogP contribution in [0.5, 0.6) is 5.75 Å². The molecule has 0 radical (unpaired) electrons. The predicted molar refractivity (Wildman–Crippen MR) is 103 cm³/mol. The lowest BCUT2D eigenvalue weighted by atomic mass is 9.89. The van der Waals surface area contributed by atoms with E-state index < -0.39 is 0 Å². The molecule has 5 heteroatoms. The zero-order chi connectivity index (χ0) is 17.1. The maximum Gasteiger partial charge on any atom is 0.220 e. The van der Waals surface area contributed by atoms with E-state index in [1.165, 1.54) is 12.8 Å². The Hall–Kier alpha value is -1.26. The summed E-state index contributed by atoms with van der Waals surface area (Å²) in [6.45, 7) is 6.08. The van der Waals surface area contributed by atoms with Gasteiger partial charge < -0.3 is 15.4 Å². The summed E-state index contributed by atoms with van der Waals surface area (Å²) < 4.78 is 5.74. The zero-order valence-corrected chi connectivity index (χ0v) is 16.3. The molecule has 140 valence electrons. The SMILES string of the molecule is CC(C)Oc1cccc(C(C)NC(=O)CC2CC3CCC(C2)N3)c1.Cl. The monoisotopic (exact) mass is 366 g/mol. The summed E-state index contributed by atoms with van der Waals surface area (Å²) in [6, 6.07) is 9.31. The van der Waals surface area contributed by atoms with Crippen molar-refractivity contribution in [2.24, 2.45) is 5.92 Å². The highest BCUT2D eigenvalue weighted by atomic mass is 35.5. The minimum absolute atomic E-state index is 0. The molecule has 2 fully saturated rings. The molecule has 0 saturated carbocycles. The first-order valence-corrected chi connectivity index (χ1v) is 9.31. The highest BCUT2D eigenvalue weighted by molar-refractivity contribution is 5.85. The summed E-state index contributed by atoms with van der Waals surface area (Å²) >= 11 is 0. The van der Waals surface area contributed by atoms with Gasteiger partial charge in [-0.25, -0.2) is 0 Å². The Bertz CT molecular complexity index is 567. The van der Waals surface area contributed by atoms with Gasteiger partial charge in [-0.3, -0.25) is 4.79 Å². The lowest BCUT2D eigenvalue weighted by molar-refractivity contribution is -0.122. The largest absolute Gasteiger partial charge is 0.491 e. The van der Waals surface area contributed by atoms with Crippen molar-refractivity contribution < 1.29 is 9.53 Å². The average Bonchev–Trinajstić information content (AvgIpc) is 2.85. The molecule has 1 aromatic rings. The predicted octanol–water partition coefficient (Wildman–Crippen LogP) is 3.99. The number of piperidine rings is 1. The van der Waals surface area contributed by atoms with Crippen LogP contribution in [0.1, 0.15) is 64.5 Å². The Morgan fingerprint density at radius 1 is 1.24 bits per heavy atom. The van der Waals surface area contributed by atoms with E-state index in [9.17, 15) is 4.79 Å². The van der Waals surface area contributed by atoms with Gasteiger partial charge in [0.2, 0.25) is 5.91 Å². The Labute approximate surface area is 157 Å².